The van der Waals surface area contributed by atoms with Crippen molar-refractivity contribution in [2.75, 3.05) is 5.73 Å². The van der Waals surface area contributed by atoms with E-state index in [-0.39, 0.29) is 0 Å². The molecular weight excluding hydrogens is 310 g/mol. The van der Waals surface area contributed by atoms with Crippen molar-refractivity contribution in [1.29, 1.82) is 0 Å². The lowest BCUT2D eigenvalue weighted by Crippen LogP contribution is -1.89. The molecule has 0 spiro atoms. The van der Waals surface area contributed by atoms with Crippen LogP contribution in [-0.4, -0.2) is 20.1 Å². The van der Waals surface area contributed by atoms with Gasteiger partial charge in [-0.2, -0.15) is 4.98 Å². The quantitative estimate of drug-likeness (QED) is 0.781. The highest BCUT2D eigenvalue weighted by Crippen LogP contribution is 2.26. The minimum absolute atomic E-state index is 0.354. The molecule has 0 amide bonds. The molecule has 0 aliphatic rings. The average Bonchev–Trinajstić information content (AvgIpc) is 2.89. The summed E-state index contributed by atoms with van der Waals surface area (Å²) in [7, 11) is 0. The summed E-state index contributed by atoms with van der Waals surface area (Å²) in [5.41, 5.74) is 7.50. The predicted octanol–water partition coefficient (Wildman–Crippen LogP) is 2.54. The van der Waals surface area contributed by atoms with E-state index >= 15 is 0 Å². The van der Waals surface area contributed by atoms with Gasteiger partial charge in [0.1, 0.15) is 5.69 Å². The Morgan fingerprint density at radius 3 is 2.95 bits per heavy atom. The molecule has 0 aromatic carbocycles. The molecule has 0 atom stereocenters. The first kappa shape index (κ1) is 11.8. The molecule has 0 saturated heterocycles. The lowest BCUT2D eigenvalue weighted by Gasteiger charge is -1.96. The fraction of sp³-hybridized carbons (Fsp3) is 0. The van der Waals surface area contributed by atoms with Crippen molar-refractivity contribution < 1.29 is 4.52 Å². The second-order valence-electron chi connectivity index (χ2n) is 3.76. The molecule has 3 rings (SSSR count). The van der Waals surface area contributed by atoms with Crippen LogP contribution in [0.3, 0.4) is 0 Å². The molecule has 0 saturated carbocycles. The summed E-state index contributed by atoms with van der Waals surface area (Å²) < 4.78 is 6.00. The van der Waals surface area contributed by atoms with Crippen LogP contribution in [0.2, 0.25) is 0 Å². The number of hydrogen-bond donors (Lipinski definition) is 1. The number of hydrogen-bond acceptors (Lipinski definition) is 6. The van der Waals surface area contributed by atoms with E-state index in [4.69, 9.17) is 10.3 Å². The fourth-order valence-corrected chi connectivity index (χ4v) is 1.99. The van der Waals surface area contributed by atoms with E-state index in [2.05, 4.69) is 36.0 Å². The smallest absolute Gasteiger partial charge is 0.259 e. The van der Waals surface area contributed by atoms with Crippen LogP contribution in [-0.2, 0) is 0 Å². The summed E-state index contributed by atoms with van der Waals surface area (Å²) in [6, 6.07) is 5.40. The summed E-state index contributed by atoms with van der Waals surface area (Å²) in [6.07, 6.45) is 4.83. The Labute approximate surface area is 116 Å². The zero-order valence-corrected chi connectivity index (χ0v) is 11.2. The minimum atomic E-state index is 0.354. The Morgan fingerprint density at radius 2 is 2.16 bits per heavy atom. The van der Waals surface area contributed by atoms with Crippen LogP contribution in [0.1, 0.15) is 0 Å². The number of nitrogens with zero attached hydrogens (tertiary/aromatic N) is 4. The van der Waals surface area contributed by atoms with Gasteiger partial charge in [0.2, 0.25) is 5.82 Å². The van der Waals surface area contributed by atoms with Crippen molar-refractivity contribution in [3.63, 3.8) is 0 Å². The SMILES string of the molecule is Nc1cncc(-c2nc(-c3ncccc3Br)no2)c1. The number of anilines is 1. The third-order valence-electron chi connectivity index (χ3n) is 2.40. The van der Waals surface area contributed by atoms with E-state index in [1.165, 1.54) is 0 Å². The van der Waals surface area contributed by atoms with E-state index in [0.717, 1.165) is 4.47 Å². The standard InChI is InChI=1S/C12H8BrN5O/c13-9-2-1-3-16-10(9)11-17-12(19-18-11)7-4-8(14)6-15-5-7/h1-6H,14H2. The lowest BCUT2D eigenvalue weighted by atomic mass is 10.2. The van der Waals surface area contributed by atoms with E-state index in [1.807, 2.05) is 12.1 Å². The summed E-state index contributed by atoms with van der Waals surface area (Å²) in [4.78, 5) is 12.5. The first-order valence-electron chi connectivity index (χ1n) is 5.39. The zero-order chi connectivity index (χ0) is 13.2. The Morgan fingerprint density at radius 1 is 1.26 bits per heavy atom. The molecule has 0 aliphatic carbocycles. The second kappa shape index (κ2) is 4.77. The average molecular weight is 318 g/mol. The van der Waals surface area contributed by atoms with Gasteiger partial charge in [-0.3, -0.25) is 9.97 Å². The molecule has 2 N–H and O–H groups in total. The van der Waals surface area contributed by atoms with Crippen LogP contribution < -0.4 is 5.73 Å². The molecule has 0 unspecified atom stereocenters. The largest absolute Gasteiger partial charge is 0.397 e. The molecular formula is C12H8BrN5O. The van der Waals surface area contributed by atoms with Gasteiger partial charge in [-0.15, -0.1) is 0 Å². The van der Waals surface area contributed by atoms with Crippen LogP contribution in [0, 0.1) is 0 Å². The monoisotopic (exact) mass is 317 g/mol. The summed E-state index contributed by atoms with van der Waals surface area (Å²) in [6.45, 7) is 0. The van der Waals surface area contributed by atoms with Gasteiger partial charge in [0.15, 0.2) is 0 Å². The van der Waals surface area contributed by atoms with Crippen molar-refractivity contribution in [3.05, 3.63) is 41.3 Å². The van der Waals surface area contributed by atoms with Gasteiger partial charge in [0.25, 0.3) is 5.89 Å². The van der Waals surface area contributed by atoms with Crippen molar-refractivity contribution in [3.8, 4) is 23.0 Å². The van der Waals surface area contributed by atoms with Gasteiger partial charge in [-0.05, 0) is 34.1 Å². The second-order valence-corrected chi connectivity index (χ2v) is 4.62. The number of nitrogens with two attached hydrogens (primary N) is 1. The molecule has 7 heteroatoms. The maximum absolute atomic E-state index is 5.67. The van der Waals surface area contributed by atoms with E-state index in [9.17, 15) is 0 Å². The highest BCUT2D eigenvalue weighted by molar-refractivity contribution is 9.10. The number of nitrogen functional groups attached to an aromatic ring is 1. The first-order chi connectivity index (χ1) is 9.24. The molecule has 3 heterocycles. The molecule has 0 radical (unpaired) electrons. The Bertz CT molecular complexity index is 727. The maximum Gasteiger partial charge on any atom is 0.259 e. The molecule has 6 nitrogen and oxygen atoms in total. The minimum Gasteiger partial charge on any atom is -0.397 e. The van der Waals surface area contributed by atoms with Crippen LogP contribution in [0.4, 0.5) is 5.69 Å². The van der Waals surface area contributed by atoms with Crippen molar-refractivity contribution in [2.24, 2.45) is 0 Å². The molecule has 3 aromatic heterocycles. The number of pyridine rings is 2. The van der Waals surface area contributed by atoms with E-state index in [0.29, 0.717) is 28.7 Å². The van der Waals surface area contributed by atoms with Gasteiger partial charge in [-0.1, -0.05) is 5.16 Å². The Balaban J connectivity index is 2.03. The van der Waals surface area contributed by atoms with E-state index in [1.54, 1.807) is 24.7 Å². The van der Waals surface area contributed by atoms with Gasteiger partial charge in [-0.25, -0.2) is 0 Å². The van der Waals surface area contributed by atoms with Crippen molar-refractivity contribution in [1.82, 2.24) is 20.1 Å². The topological polar surface area (TPSA) is 90.7 Å². The highest BCUT2D eigenvalue weighted by atomic mass is 79.9. The summed E-state index contributed by atoms with van der Waals surface area (Å²) >= 11 is 3.39. The van der Waals surface area contributed by atoms with Crippen LogP contribution in [0.25, 0.3) is 23.0 Å². The number of aromatic nitrogens is 4. The van der Waals surface area contributed by atoms with E-state index < -0.39 is 0 Å². The van der Waals surface area contributed by atoms with Crippen molar-refractivity contribution in [2.45, 2.75) is 0 Å². The Hall–Kier alpha value is -2.28. The molecule has 0 bridgehead atoms. The van der Waals surface area contributed by atoms with Crippen molar-refractivity contribution >= 4 is 21.6 Å². The molecule has 94 valence electrons. The molecule has 3 aromatic rings. The van der Waals surface area contributed by atoms with Crippen LogP contribution in [0.5, 0.6) is 0 Å². The van der Waals surface area contributed by atoms with Crippen LogP contribution >= 0.6 is 15.9 Å². The third kappa shape index (κ3) is 2.32. The maximum atomic E-state index is 5.67. The fourth-order valence-electron chi connectivity index (χ4n) is 1.56. The normalized spacial score (nSPS) is 10.6. The number of rotatable bonds is 2. The first-order valence-corrected chi connectivity index (χ1v) is 6.19. The molecule has 19 heavy (non-hydrogen) atoms. The van der Waals surface area contributed by atoms with Gasteiger partial charge < -0.3 is 10.3 Å². The molecule has 0 aliphatic heterocycles. The van der Waals surface area contributed by atoms with Gasteiger partial charge in [0.05, 0.1) is 11.3 Å². The van der Waals surface area contributed by atoms with Crippen LogP contribution in [0.15, 0.2) is 45.8 Å². The summed E-state index contributed by atoms with van der Waals surface area (Å²) in [5, 5.41) is 3.91. The highest BCUT2D eigenvalue weighted by Gasteiger charge is 2.14. The van der Waals surface area contributed by atoms with Gasteiger partial charge >= 0.3 is 0 Å². The predicted molar refractivity (Wildman–Crippen MR) is 72.9 cm³/mol. The lowest BCUT2D eigenvalue weighted by molar-refractivity contribution is 0.432. The number of halogens is 1. The Kier molecular flexibility index (Phi) is 2.96. The third-order valence-corrected chi connectivity index (χ3v) is 3.04. The molecule has 0 fully saturated rings. The summed E-state index contributed by atoms with van der Waals surface area (Å²) in [5.74, 6) is 0.761. The zero-order valence-electron chi connectivity index (χ0n) is 9.62. The van der Waals surface area contributed by atoms with Gasteiger partial charge in [0, 0.05) is 23.1 Å².